The Morgan fingerprint density at radius 3 is 1.46 bits per heavy atom. The monoisotopic (exact) mass is 808 g/mol. The summed E-state index contributed by atoms with van der Waals surface area (Å²) >= 11 is 0. The van der Waals surface area contributed by atoms with Crippen LogP contribution in [0.2, 0.25) is 0 Å². The van der Waals surface area contributed by atoms with Crippen LogP contribution in [0, 0.1) is 0 Å². The molecule has 320 valence electrons. The van der Waals surface area contributed by atoms with Gasteiger partial charge in [-0.1, -0.05) is 138 Å². The van der Waals surface area contributed by atoms with Crippen molar-refractivity contribution < 1.29 is 47.8 Å². The van der Waals surface area contributed by atoms with Gasteiger partial charge in [0.05, 0.1) is 13.2 Å². The Balaban J connectivity index is 3.96. The van der Waals surface area contributed by atoms with Gasteiger partial charge in [-0.15, -0.1) is 0 Å². The maximum atomic E-state index is 12.3. The number of carboxylic acid groups (broad SMARTS) is 1. The molecule has 0 radical (unpaired) electrons. The Hall–Kier alpha value is -3.08. The van der Waals surface area contributed by atoms with E-state index in [4.69, 9.17) is 13.8 Å². The second kappa shape index (κ2) is 38.8. The van der Waals surface area contributed by atoms with E-state index in [9.17, 15) is 34.1 Å². The molecule has 0 aromatic rings. The zero-order valence-corrected chi connectivity index (χ0v) is 35.3. The molecule has 0 saturated heterocycles. The van der Waals surface area contributed by atoms with E-state index in [0.29, 0.717) is 12.8 Å². The van der Waals surface area contributed by atoms with Crippen molar-refractivity contribution in [3.63, 3.8) is 0 Å². The van der Waals surface area contributed by atoms with E-state index in [1.54, 1.807) is 0 Å². The molecule has 3 atom stereocenters. The highest BCUT2D eigenvalue weighted by molar-refractivity contribution is 7.47. The molecule has 0 spiro atoms. The minimum Gasteiger partial charge on any atom is -0.480 e. The molecule has 0 aliphatic rings. The summed E-state index contributed by atoms with van der Waals surface area (Å²) in [5.74, 6) is -2.42. The second-order valence-corrected chi connectivity index (χ2v) is 15.2. The van der Waals surface area contributed by atoms with Crippen LogP contribution in [0.15, 0.2) is 72.9 Å². The number of unbranched alkanes of at least 4 members (excludes halogenated alkanes) is 12. The van der Waals surface area contributed by atoms with E-state index in [1.165, 1.54) is 12.8 Å². The molecule has 0 aliphatic carbocycles. The highest BCUT2D eigenvalue weighted by Gasteiger charge is 2.28. The summed E-state index contributed by atoms with van der Waals surface area (Å²) in [7, 11) is -4.77. The molecule has 0 bridgehead atoms. The van der Waals surface area contributed by atoms with Gasteiger partial charge in [0.25, 0.3) is 0 Å². The van der Waals surface area contributed by atoms with Gasteiger partial charge < -0.3 is 25.2 Å². The van der Waals surface area contributed by atoms with Crippen molar-refractivity contribution in [2.24, 2.45) is 0 Å². The fourth-order valence-electron chi connectivity index (χ4n) is 5.28. The number of esters is 1. The number of phosphoric acid groups is 1. The third kappa shape index (κ3) is 37.8. The van der Waals surface area contributed by atoms with Crippen LogP contribution in [0.1, 0.15) is 155 Å². The van der Waals surface area contributed by atoms with Crippen LogP contribution in [0.5, 0.6) is 0 Å². The Morgan fingerprint density at radius 1 is 0.571 bits per heavy atom. The molecule has 0 aromatic carbocycles. The van der Waals surface area contributed by atoms with Gasteiger partial charge >= 0.3 is 19.8 Å². The van der Waals surface area contributed by atoms with E-state index in [1.807, 2.05) is 0 Å². The molecule has 0 rings (SSSR count). The number of ether oxygens (including phenoxy) is 1. The lowest BCUT2D eigenvalue weighted by atomic mass is 10.1. The van der Waals surface area contributed by atoms with Crippen molar-refractivity contribution in [2.45, 2.75) is 167 Å². The largest absolute Gasteiger partial charge is 0.480 e. The summed E-state index contributed by atoms with van der Waals surface area (Å²) in [6, 6.07) is -1.56. The first kappa shape index (κ1) is 52.9. The van der Waals surface area contributed by atoms with Gasteiger partial charge in [0, 0.05) is 12.8 Å². The van der Waals surface area contributed by atoms with Gasteiger partial charge in [-0.3, -0.25) is 18.6 Å². The van der Waals surface area contributed by atoms with Crippen LogP contribution in [-0.2, 0) is 32.7 Å². The van der Waals surface area contributed by atoms with E-state index < -0.39 is 57.6 Å². The molecule has 11 nitrogen and oxygen atoms in total. The summed E-state index contributed by atoms with van der Waals surface area (Å²) in [4.78, 5) is 45.9. The first-order valence-electron chi connectivity index (χ1n) is 21.0. The summed E-state index contributed by atoms with van der Waals surface area (Å²) in [6.45, 7) is 2.33. The number of aliphatic hydroxyl groups is 1. The molecule has 56 heavy (non-hydrogen) atoms. The van der Waals surface area contributed by atoms with E-state index in [0.717, 1.165) is 103 Å². The van der Waals surface area contributed by atoms with E-state index in [-0.39, 0.29) is 12.8 Å². The summed E-state index contributed by atoms with van der Waals surface area (Å²) in [6.07, 6.45) is 45.0. The lowest BCUT2D eigenvalue weighted by Crippen LogP contribution is -2.43. The van der Waals surface area contributed by atoms with Gasteiger partial charge in [-0.2, -0.15) is 0 Å². The fourth-order valence-corrected chi connectivity index (χ4v) is 6.06. The van der Waals surface area contributed by atoms with Gasteiger partial charge in [-0.05, 0) is 77.0 Å². The average molecular weight is 808 g/mol. The zero-order valence-electron chi connectivity index (χ0n) is 34.4. The van der Waals surface area contributed by atoms with Crippen LogP contribution in [0.4, 0.5) is 0 Å². The molecule has 3 unspecified atom stereocenters. The number of amides is 1. The molecule has 0 aromatic heterocycles. The number of carboxylic acids is 1. The number of nitrogens with one attached hydrogen (secondary N) is 1. The summed E-state index contributed by atoms with van der Waals surface area (Å²) < 4.78 is 26.8. The lowest BCUT2D eigenvalue weighted by Gasteiger charge is -2.18. The minimum atomic E-state index is -4.77. The highest BCUT2D eigenvalue weighted by Crippen LogP contribution is 2.43. The molecular formula is C44H74NO10P. The van der Waals surface area contributed by atoms with Gasteiger partial charge in [0.15, 0.2) is 6.04 Å². The molecule has 12 heteroatoms. The normalized spacial score (nSPS) is 14.5. The number of phosphoric ester groups is 1. The topological polar surface area (TPSA) is 169 Å². The quantitative estimate of drug-likeness (QED) is 0.0204. The molecule has 0 aliphatic heterocycles. The minimum absolute atomic E-state index is 0.122. The van der Waals surface area contributed by atoms with Gasteiger partial charge in [0.2, 0.25) is 5.91 Å². The SMILES string of the molecule is CC/C=C\C/C=C\C/C=C\CCCCCCCCCC(=O)OCC(O)COP(=O)(O)OCC(NC(=O)CCCCCCC/C=C\C/C=C\C/C=C\CC)C(=O)O. The Labute approximate surface area is 338 Å². The van der Waals surface area contributed by atoms with Crippen LogP contribution < -0.4 is 5.32 Å². The lowest BCUT2D eigenvalue weighted by molar-refractivity contribution is -0.147. The Kier molecular flexibility index (Phi) is 36.6. The molecule has 1 amide bonds. The number of hydrogen-bond acceptors (Lipinski definition) is 8. The summed E-state index contributed by atoms with van der Waals surface area (Å²) in [5, 5.41) is 21.8. The van der Waals surface area contributed by atoms with Crippen molar-refractivity contribution in [2.75, 3.05) is 19.8 Å². The third-order valence-corrected chi connectivity index (χ3v) is 9.44. The molecule has 0 heterocycles. The second-order valence-electron chi connectivity index (χ2n) is 13.8. The third-order valence-electron chi connectivity index (χ3n) is 8.49. The van der Waals surface area contributed by atoms with Crippen molar-refractivity contribution in [3.05, 3.63) is 72.9 Å². The van der Waals surface area contributed by atoms with Crippen LogP contribution in [0.25, 0.3) is 0 Å². The maximum absolute atomic E-state index is 12.3. The van der Waals surface area contributed by atoms with Crippen molar-refractivity contribution in [1.29, 1.82) is 0 Å². The first-order chi connectivity index (χ1) is 27.1. The standard InChI is InChI=1S/C44H74NO10P/c1-3-5-7-9-11-13-15-17-19-20-22-24-26-28-30-32-34-36-43(48)53-37-40(46)38-54-56(51,52)55-39-41(44(49)50)45-42(47)35-33-31-29-27-25-23-21-18-16-14-12-10-8-6-4-2/h5-8,11-14,17-19,21,40-41,46H,3-4,9-10,15-16,20,22-39H2,1-2H3,(H,45,47)(H,49,50)(H,51,52)/b7-5-,8-6-,13-11-,14-12-,19-17-,21-18-. The average Bonchev–Trinajstić information content (AvgIpc) is 3.17. The smallest absolute Gasteiger partial charge is 0.472 e. The number of hydrogen-bond donors (Lipinski definition) is 4. The molecule has 4 N–H and O–H groups in total. The van der Waals surface area contributed by atoms with Crippen molar-refractivity contribution >= 4 is 25.7 Å². The van der Waals surface area contributed by atoms with Crippen LogP contribution in [0.3, 0.4) is 0 Å². The molecule has 0 fully saturated rings. The zero-order chi connectivity index (χ0) is 41.4. The van der Waals surface area contributed by atoms with Crippen LogP contribution in [-0.4, -0.2) is 64.9 Å². The number of allylic oxidation sites excluding steroid dienone is 12. The predicted molar refractivity (Wildman–Crippen MR) is 226 cm³/mol. The summed E-state index contributed by atoms with van der Waals surface area (Å²) in [5.41, 5.74) is 0. The highest BCUT2D eigenvalue weighted by atomic mass is 31.2. The van der Waals surface area contributed by atoms with Crippen molar-refractivity contribution in [1.82, 2.24) is 5.32 Å². The van der Waals surface area contributed by atoms with Crippen LogP contribution >= 0.6 is 7.82 Å². The maximum Gasteiger partial charge on any atom is 0.472 e. The number of rotatable bonds is 38. The molecule has 0 saturated carbocycles. The number of aliphatic carboxylic acids is 1. The van der Waals surface area contributed by atoms with E-state index >= 15 is 0 Å². The van der Waals surface area contributed by atoms with Crippen molar-refractivity contribution in [3.8, 4) is 0 Å². The predicted octanol–water partition coefficient (Wildman–Crippen LogP) is 10.6. The van der Waals surface area contributed by atoms with Gasteiger partial charge in [0.1, 0.15) is 12.7 Å². The van der Waals surface area contributed by atoms with E-state index in [2.05, 4.69) is 92.1 Å². The Bertz CT molecular complexity index is 1230. The number of carbonyl (C=O) groups is 3. The first-order valence-corrected chi connectivity index (χ1v) is 22.5. The van der Waals surface area contributed by atoms with Gasteiger partial charge in [-0.25, -0.2) is 9.36 Å². The fraction of sp³-hybridized carbons (Fsp3) is 0.659. The number of carbonyl (C=O) groups excluding carboxylic acids is 2. The molecular weight excluding hydrogens is 733 g/mol. The Morgan fingerprint density at radius 2 is 0.982 bits per heavy atom. The number of aliphatic hydroxyl groups excluding tert-OH is 1.